The van der Waals surface area contributed by atoms with E-state index in [0.717, 1.165) is 5.56 Å². The van der Waals surface area contributed by atoms with Gasteiger partial charge in [0.25, 0.3) is 0 Å². The van der Waals surface area contributed by atoms with E-state index in [1.165, 1.54) is 22.5 Å². The van der Waals surface area contributed by atoms with Crippen molar-refractivity contribution in [3.05, 3.63) is 50.4 Å². The van der Waals surface area contributed by atoms with Gasteiger partial charge in [0.15, 0.2) is 0 Å². The van der Waals surface area contributed by atoms with Crippen LogP contribution in [0.25, 0.3) is 0 Å². The SMILES string of the molecule is Cc1cc(C)cc(CC(O)c2ncc(Cl)s2)c1. The van der Waals surface area contributed by atoms with E-state index in [0.29, 0.717) is 15.8 Å². The molecule has 2 aromatic rings. The second kappa shape index (κ2) is 5.17. The maximum Gasteiger partial charge on any atom is 0.123 e. The molecule has 0 aliphatic rings. The molecule has 17 heavy (non-hydrogen) atoms. The van der Waals surface area contributed by atoms with Crippen LogP contribution in [0.5, 0.6) is 0 Å². The van der Waals surface area contributed by atoms with Crippen LogP contribution >= 0.6 is 22.9 Å². The summed E-state index contributed by atoms with van der Waals surface area (Å²) in [5.74, 6) is 0. The summed E-state index contributed by atoms with van der Waals surface area (Å²) in [6.45, 7) is 4.12. The lowest BCUT2D eigenvalue weighted by molar-refractivity contribution is 0.178. The molecule has 0 fully saturated rings. The molecule has 0 radical (unpaired) electrons. The summed E-state index contributed by atoms with van der Waals surface area (Å²) < 4.78 is 0.611. The van der Waals surface area contributed by atoms with Crippen LogP contribution in [-0.2, 0) is 6.42 Å². The van der Waals surface area contributed by atoms with Crippen LogP contribution in [0.1, 0.15) is 27.8 Å². The Labute approximate surface area is 110 Å². The zero-order chi connectivity index (χ0) is 12.4. The maximum absolute atomic E-state index is 10.1. The van der Waals surface area contributed by atoms with Crippen LogP contribution in [0, 0.1) is 13.8 Å². The molecular formula is C13H14ClNOS. The summed E-state index contributed by atoms with van der Waals surface area (Å²) in [4.78, 5) is 4.09. The van der Waals surface area contributed by atoms with Gasteiger partial charge in [-0.1, -0.05) is 40.9 Å². The normalized spacial score (nSPS) is 12.7. The number of aliphatic hydroxyl groups is 1. The fraction of sp³-hybridized carbons (Fsp3) is 0.308. The third-order valence-corrected chi connectivity index (χ3v) is 3.71. The van der Waals surface area contributed by atoms with Crippen molar-refractivity contribution < 1.29 is 5.11 Å². The molecule has 0 aliphatic heterocycles. The first-order chi connectivity index (χ1) is 8.04. The molecule has 0 saturated heterocycles. The van der Waals surface area contributed by atoms with Crippen molar-refractivity contribution in [3.8, 4) is 0 Å². The van der Waals surface area contributed by atoms with Crippen LogP contribution in [-0.4, -0.2) is 10.1 Å². The third kappa shape index (κ3) is 3.28. The van der Waals surface area contributed by atoms with E-state index < -0.39 is 6.10 Å². The van der Waals surface area contributed by atoms with Crippen molar-refractivity contribution in [2.24, 2.45) is 0 Å². The predicted molar refractivity (Wildman–Crippen MR) is 71.7 cm³/mol. The molecule has 1 atom stereocenters. The third-order valence-electron chi connectivity index (χ3n) is 2.49. The average molecular weight is 268 g/mol. The first kappa shape index (κ1) is 12.6. The van der Waals surface area contributed by atoms with E-state index in [1.807, 2.05) is 0 Å². The second-order valence-corrected chi connectivity index (χ2v) is 5.91. The fourth-order valence-corrected chi connectivity index (χ4v) is 2.83. The smallest absolute Gasteiger partial charge is 0.123 e. The summed E-state index contributed by atoms with van der Waals surface area (Å²) in [5.41, 5.74) is 3.55. The summed E-state index contributed by atoms with van der Waals surface area (Å²) in [7, 11) is 0. The number of nitrogens with zero attached hydrogens (tertiary/aromatic N) is 1. The Morgan fingerprint density at radius 3 is 2.47 bits per heavy atom. The highest BCUT2D eigenvalue weighted by atomic mass is 35.5. The molecule has 1 aromatic heterocycles. The molecule has 1 heterocycles. The van der Waals surface area contributed by atoms with E-state index in [4.69, 9.17) is 11.6 Å². The molecule has 90 valence electrons. The highest BCUT2D eigenvalue weighted by Crippen LogP contribution is 2.26. The molecule has 0 saturated carbocycles. The molecular weight excluding hydrogens is 254 g/mol. The molecule has 0 aliphatic carbocycles. The Balaban J connectivity index is 2.15. The summed E-state index contributed by atoms with van der Waals surface area (Å²) in [6.07, 6.45) is 1.58. The molecule has 0 bridgehead atoms. The van der Waals surface area contributed by atoms with Crippen LogP contribution in [0.2, 0.25) is 4.34 Å². The highest BCUT2D eigenvalue weighted by molar-refractivity contribution is 7.15. The molecule has 4 heteroatoms. The Morgan fingerprint density at radius 2 is 1.94 bits per heavy atom. The highest BCUT2D eigenvalue weighted by Gasteiger charge is 2.13. The van der Waals surface area contributed by atoms with Gasteiger partial charge in [-0.3, -0.25) is 0 Å². The lowest BCUT2D eigenvalue weighted by Gasteiger charge is -2.09. The minimum absolute atomic E-state index is 0.575. The minimum atomic E-state index is -0.575. The van der Waals surface area contributed by atoms with Crippen molar-refractivity contribution in [1.82, 2.24) is 4.98 Å². The van der Waals surface area contributed by atoms with Gasteiger partial charge in [0.1, 0.15) is 15.4 Å². The lowest BCUT2D eigenvalue weighted by Crippen LogP contribution is -2.01. The first-order valence-electron chi connectivity index (χ1n) is 5.41. The zero-order valence-electron chi connectivity index (χ0n) is 9.77. The quantitative estimate of drug-likeness (QED) is 0.920. The Hall–Kier alpha value is -0.900. The second-order valence-electron chi connectivity index (χ2n) is 4.22. The summed E-state index contributed by atoms with van der Waals surface area (Å²) in [5, 5.41) is 10.7. The van der Waals surface area contributed by atoms with Crippen molar-refractivity contribution in [2.45, 2.75) is 26.4 Å². The molecule has 0 spiro atoms. The van der Waals surface area contributed by atoms with Crippen LogP contribution in [0.4, 0.5) is 0 Å². The number of aromatic nitrogens is 1. The van der Waals surface area contributed by atoms with Gasteiger partial charge in [-0.2, -0.15) is 0 Å². The number of rotatable bonds is 3. The van der Waals surface area contributed by atoms with Gasteiger partial charge in [-0.25, -0.2) is 4.98 Å². The van der Waals surface area contributed by atoms with Crippen molar-refractivity contribution in [2.75, 3.05) is 0 Å². The van der Waals surface area contributed by atoms with Gasteiger partial charge in [0, 0.05) is 6.42 Å². The van der Waals surface area contributed by atoms with Gasteiger partial charge < -0.3 is 5.11 Å². The number of halogens is 1. The van der Waals surface area contributed by atoms with Gasteiger partial charge in [0.05, 0.1) is 6.20 Å². The van der Waals surface area contributed by atoms with Gasteiger partial charge in [-0.15, -0.1) is 11.3 Å². The van der Waals surface area contributed by atoms with E-state index in [2.05, 4.69) is 37.0 Å². The fourth-order valence-electron chi connectivity index (χ4n) is 1.92. The number of hydrogen-bond acceptors (Lipinski definition) is 3. The molecule has 1 N–H and O–H groups in total. The topological polar surface area (TPSA) is 33.1 Å². The number of thiazole rings is 1. The van der Waals surface area contributed by atoms with Crippen LogP contribution in [0.3, 0.4) is 0 Å². The van der Waals surface area contributed by atoms with Crippen molar-refractivity contribution in [1.29, 1.82) is 0 Å². The Morgan fingerprint density at radius 1 is 1.29 bits per heavy atom. The van der Waals surface area contributed by atoms with Gasteiger partial charge >= 0.3 is 0 Å². The number of aryl methyl sites for hydroxylation is 2. The summed E-state index contributed by atoms with van der Waals surface area (Å²) in [6, 6.07) is 6.30. The average Bonchev–Trinajstić information content (AvgIpc) is 2.63. The Kier molecular flexibility index (Phi) is 3.82. The number of hydrogen-bond donors (Lipinski definition) is 1. The van der Waals surface area contributed by atoms with Crippen molar-refractivity contribution in [3.63, 3.8) is 0 Å². The van der Waals surface area contributed by atoms with E-state index in [1.54, 1.807) is 6.20 Å². The van der Waals surface area contributed by atoms with E-state index in [-0.39, 0.29) is 0 Å². The molecule has 1 aromatic carbocycles. The van der Waals surface area contributed by atoms with Gasteiger partial charge in [-0.05, 0) is 19.4 Å². The van der Waals surface area contributed by atoms with Crippen LogP contribution < -0.4 is 0 Å². The standard InChI is InChI=1S/C13H14ClNOS/c1-8-3-9(2)5-10(4-8)6-11(16)13-15-7-12(14)17-13/h3-5,7,11,16H,6H2,1-2H3. The Bertz CT molecular complexity index is 504. The largest absolute Gasteiger partial charge is 0.386 e. The molecule has 2 rings (SSSR count). The molecule has 1 unspecified atom stereocenters. The van der Waals surface area contributed by atoms with Crippen molar-refractivity contribution >= 4 is 22.9 Å². The lowest BCUT2D eigenvalue weighted by atomic mass is 10.0. The van der Waals surface area contributed by atoms with E-state index in [9.17, 15) is 5.11 Å². The summed E-state index contributed by atoms with van der Waals surface area (Å²) >= 11 is 7.13. The van der Waals surface area contributed by atoms with Gasteiger partial charge in [0.2, 0.25) is 0 Å². The zero-order valence-corrected chi connectivity index (χ0v) is 11.3. The monoisotopic (exact) mass is 267 g/mol. The molecule has 0 amide bonds. The van der Waals surface area contributed by atoms with Crippen LogP contribution in [0.15, 0.2) is 24.4 Å². The van der Waals surface area contributed by atoms with E-state index >= 15 is 0 Å². The maximum atomic E-state index is 10.1. The molecule has 2 nitrogen and oxygen atoms in total. The minimum Gasteiger partial charge on any atom is -0.386 e. The predicted octanol–water partition coefficient (Wildman–Crippen LogP) is 3.69. The first-order valence-corrected chi connectivity index (χ1v) is 6.60. The number of aliphatic hydroxyl groups excluding tert-OH is 1. The number of benzene rings is 1.